The van der Waals surface area contributed by atoms with Gasteiger partial charge in [0.1, 0.15) is 0 Å². The van der Waals surface area contributed by atoms with Gasteiger partial charge in [-0.05, 0) is 38.1 Å². The third-order valence-electron chi connectivity index (χ3n) is 1.98. The molecule has 0 spiro atoms. The van der Waals surface area contributed by atoms with Gasteiger partial charge in [-0.1, -0.05) is 6.08 Å². The number of rotatable bonds is 3. The van der Waals surface area contributed by atoms with Crippen molar-refractivity contribution in [2.45, 2.75) is 13.8 Å². The van der Waals surface area contributed by atoms with Crippen LogP contribution >= 0.6 is 0 Å². The number of benzene rings is 1. The number of allylic oxidation sites excluding steroid dienone is 2. The van der Waals surface area contributed by atoms with E-state index < -0.39 is 5.97 Å². The standard InChI is InChI=1S/C12H14N2O2/c1-3-4-8(2)14-11-6-5-9(12(15)16)7-10(11)13/h3-7H,13H2,1-2H3,(H,15,16)/b4-3-,14-8?. The number of nitrogens with zero attached hydrogens (tertiary/aromatic N) is 1. The molecule has 0 aliphatic heterocycles. The largest absolute Gasteiger partial charge is 0.478 e. The molecular formula is C12H14N2O2. The van der Waals surface area contributed by atoms with Crippen molar-refractivity contribution in [2.24, 2.45) is 4.99 Å². The van der Waals surface area contributed by atoms with Gasteiger partial charge in [0.05, 0.1) is 16.9 Å². The highest BCUT2D eigenvalue weighted by molar-refractivity contribution is 5.96. The number of carboxylic acids is 1. The van der Waals surface area contributed by atoms with Gasteiger partial charge in [-0.3, -0.25) is 4.99 Å². The van der Waals surface area contributed by atoms with Crippen LogP contribution in [0, 0.1) is 0 Å². The molecule has 0 unspecified atom stereocenters. The van der Waals surface area contributed by atoms with Crippen molar-refractivity contribution < 1.29 is 9.90 Å². The number of anilines is 1. The van der Waals surface area contributed by atoms with Crippen LogP contribution in [0.25, 0.3) is 0 Å². The van der Waals surface area contributed by atoms with E-state index in [1.165, 1.54) is 12.1 Å². The minimum Gasteiger partial charge on any atom is -0.478 e. The molecule has 0 aliphatic rings. The Morgan fingerprint density at radius 2 is 2.19 bits per heavy atom. The van der Waals surface area contributed by atoms with Gasteiger partial charge in [0, 0.05) is 5.71 Å². The van der Waals surface area contributed by atoms with E-state index in [9.17, 15) is 4.79 Å². The Hall–Kier alpha value is -2.10. The summed E-state index contributed by atoms with van der Waals surface area (Å²) in [4.78, 5) is 14.9. The Labute approximate surface area is 94.1 Å². The lowest BCUT2D eigenvalue weighted by Gasteiger charge is -2.02. The van der Waals surface area contributed by atoms with Crippen molar-refractivity contribution in [1.29, 1.82) is 0 Å². The van der Waals surface area contributed by atoms with E-state index in [1.807, 2.05) is 26.0 Å². The fourth-order valence-corrected chi connectivity index (χ4v) is 1.26. The van der Waals surface area contributed by atoms with Crippen molar-refractivity contribution >= 4 is 23.1 Å². The molecule has 1 aromatic carbocycles. The second-order valence-corrected chi connectivity index (χ2v) is 3.33. The number of nitrogen functional groups attached to an aromatic ring is 1. The predicted octanol–water partition coefficient (Wildman–Crippen LogP) is 2.64. The SMILES string of the molecule is C/C=C\C(C)=Nc1ccc(C(=O)O)cc1N. The fraction of sp³-hybridized carbons (Fsp3) is 0.167. The van der Waals surface area contributed by atoms with Crippen LogP contribution in [0.3, 0.4) is 0 Å². The minimum absolute atomic E-state index is 0.167. The second kappa shape index (κ2) is 5.11. The molecule has 16 heavy (non-hydrogen) atoms. The van der Waals surface area contributed by atoms with Crippen LogP contribution in [-0.2, 0) is 0 Å². The normalized spacial score (nSPS) is 12.0. The number of aromatic carboxylic acids is 1. The molecule has 0 aliphatic carbocycles. The quantitative estimate of drug-likeness (QED) is 0.604. The zero-order valence-electron chi connectivity index (χ0n) is 9.27. The average Bonchev–Trinajstić information content (AvgIpc) is 2.21. The molecular weight excluding hydrogens is 204 g/mol. The van der Waals surface area contributed by atoms with E-state index in [0.717, 1.165) is 5.71 Å². The molecule has 4 nitrogen and oxygen atoms in total. The third kappa shape index (κ3) is 2.95. The summed E-state index contributed by atoms with van der Waals surface area (Å²) in [6.45, 7) is 3.75. The first kappa shape index (κ1) is 12.0. The number of nitrogens with two attached hydrogens (primary N) is 1. The molecule has 0 radical (unpaired) electrons. The number of carboxylic acid groups (broad SMARTS) is 1. The minimum atomic E-state index is -0.993. The summed E-state index contributed by atoms with van der Waals surface area (Å²) in [6, 6.07) is 4.50. The zero-order valence-corrected chi connectivity index (χ0v) is 9.27. The molecule has 84 valence electrons. The van der Waals surface area contributed by atoms with E-state index in [4.69, 9.17) is 10.8 Å². The van der Waals surface area contributed by atoms with E-state index in [-0.39, 0.29) is 5.56 Å². The molecule has 0 heterocycles. The van der Waals surface area contributed by atoms with Crippen LogP contribution in [0.1, 0.15) is 24.2 Å². The highest BCUT2D eigenvalue weighted by Gasteiger charge is 2.05. The lowest BCUT2D eigenvalue weighted by Crippen LogP contribution is -1.98. The van der Waals surface area contributed by atoms with Gasteiger partial charge < -0.3 is 10.8 Å². The first-order valence-electron chi connectivity index (χ1n) is 4.85. The molecule has 4 heteroatoms. The Kier molecular flexibility index (Phi) is 3.83. The molecule has 0 saturated carbocycles. The van der Waals surface area contributed by atoms with Crippen molar-refractivity contribution in [1.82, 2.24) is 0 Å². The molecule has 0 saturated heterocycles. The first-order chi connectivity index (χ1) is 7.54. The van der Waals surface area contributed by atoms with E-state index in [0.29, 0.717) is 11.4 Å². The number of carbonyl (C=O) groups is 1. The molecule has 1 aromatic rings. The van der Waals surface area contributed by atoms with Crippen LogP contribution in [0.15, 0.2) is 35.3 Å². The van der Waals surface area contributed by atoms with Crippen LogP contribution in [-0.4, -0.2) is 16.8 Å². The number of hydrogen-bond donors (Lipinski definition) is 2. The Bertz CT molecular complexity index is 462. The lowest BCUT2D eigenvalue weighted by molar-refractivity contribution is 0.0697. The molecule has 3 N–H and O–H groups in total. The molecule has 1 rings (SSSR count). The molecule has 0 atom stereocenters. The highest BCUT2D eigenvalue weighted by atomic mass is 16.4. The van der Waals surface area contributed by atoms with Gasteiger partial charge >= 0.3 is 5.97 Å². The van der Waals surface area contributed by atoms with Crippen molar-refractivity contribution in [2.75, 3.05) is 5.73 Å². The van der Waals surface area contributed by atoms with Crippen LogP contribution < -0.4 is 5.73 Å². The molecule has 0 fully saturated rings. The molecule has 0 aromatic heterocycles. The third-order valence-corrected chi connectivity index (χ3v) is 1.98. The van der Waals surface area contributed by atoms with Crippen LogP contribution in [0.4, 0.5) is 11.4 Å². The van der Waals surface area contributed by atoms with Crippen molar-refractivity contribution in [3.63, 3.8) is 0 Å². The van der Waals surface area contributed by atoms with E-state index in [1.54, 1.807) is 6.07 Å². The maximum atomic E-state index is 10.7. The molecule has 0 bridgehead atoms. The van der Waals surface area contributed by atoms with Gasteiger partial charge in [-0.2, -0.15) is 0 Å². The number of hydrogen-bond acceptors (Lipinski definition) is 3. The first-order valence-corrected chi connectivity index (χ1v) is 4.85. The average molecular weight is 218 g/mol. The maximum absolute atomic E-state index is 10.7. The van der Waals surface area contributed by atoms with E-state index in [2.05, 4.69) is 4.99 Å². The maximum Gasteiger partial charge on any atom is 0.335 e. The fourth-order valence-electron chi connectivity index (χ4n) is 1.26. The molecule has 0 amide bonds. The van der Waals surface area contributed by atoms with Crippen LogP contribution in [0.5, 0.6) is 0 Å². The Morgan fingerprint density at radius 3 is 2.69 bits per heavy atom. The topological polar surface area (TPSA) is 75.7 Å². The van der Waals surface area contributed by atoms with Gasteiger partial charge in [-0.25, -0.2) is 4.79 Å². The summed E-state index contributed by atoms with van der Waals surface area (Å²) >= 11 is 0. The second-order valence-electron chi connectivity index (χ2n) is 3.33. The van der Waals surface area contributed by atoms with Gasteiger partial charge in [0.25, 0.3) is 0 Å². The van der Waals surface area contributed by atoms with E-state index >= 15 is 0 Å². The highest BCUT2D eigenvalue weighted by Crippen LogP contribution is 2.23. The predicted molar refractivity (Wildman–Crippen MR) is 65.4 cm³/mol. The van der Waals surface area contributed by atoms with Crippen molar-refractivity contribution in [3.05, 3.63) is 35.9 Å². The summed E-state index contributed by atoms with van der Waals surface area (Å²) in [7, 11) is 0. The van der Waals surface area contributed by atoms with Crippen LogP contribution in [0.2, 0.25) is 0 Å². The monoisotopic (exact) mass is 218 g/mol. The van der Waals surface area contributed by atoms with Gasteiger partial charge in [0.15, 0.2) is 0 Å². The Balaban J connectivity index is 3.09. The summed E-state index contributed by atoms with van der Waals surface area (Å²) in [5.74, 6) is -0.993. The number of aliphatic imine (C=N–C) groups is 1. The lowest BCUT2D eigenvalue weighted by atomic mass is 10.2. The zero-order chi connectivity index (χ0) is 12.1. The summed E-state index contributed by atoms with van der Waals surface area (Å²) in [6.07, 6.45) is 3.73. The van der Waals surface area contributed by atoms with Gasteiger partial charge in [-0.15, -0.1) is 0 Å². The summed E-state index contributed by atoms with van der Waals surface area (Å²) in [5, 5.41) is 8.76. The van der Waals surface area contributed by atoms with Crippen molar-refractivity contribution in [3.8, 4) is 0 Å². The smallest absolute Gasteiger partial charge is 0.335 e. The summed E-state index contributed by atoms with van der Waals surface area (Å²) < 4.78 is 0. The summed E-state index contributed by atoms with van der Waals surface area (Å²) in [5.41, 5.74) is 7.64. The van der Waals surface area contributed by atoms with Gasteiger partial charge in [0.2, 0.25) is 0 Å². The Morgan fingerprint density at radius 1 is 1.50 bits per heavy atom.